The Kier molecular flexibility index (Phi) is 5.47. The van der Waals surface area contributed by atoms with E-state index in [1.54, 1.807) is 6.07 Å². The first-order valence-electron chi connectivity index (χ1n) is 9.87. The van der Waals surface area contributed by atoms with Crippen molar-refractivity contribution in [1.29, 1.82) is 0 Å². The van der Waals surface area contributed by atoms with E-state index in [4.69, 9.17) is 0 Å². The summed E-state index contributed by atoms with van der Waals surface area (Å²) in [6.07, 6.45) is 3.35. The van der Waals surface area contributed by atoms with Crippen LogP contribution in [0.1, 0.15) is 56.0 Å². The molecule has 6 nitrogen and oxygen atoms in total. The number of anilines is 1. The van der Waals surface area contributed by atoms with Gasteiger partial charge in [-0.15, -0.1) is 0 Å². The predicted octanol–water partition coefficient (Wildman–Crippen LogP) is 3.13. The largest absolute Gasteiger partial charge is 0.339 e. The minimum atomic E-state index is -0.315. The lowest BCUT2D eigenvalue weighted by Crippen LogP contribution is -2.44. The Morgan fingerprint density at radius 2 is 1.85 bits per heavy atom. The van der Waals surface area contributed by atoms with Gasteiger partial charge in [-0.25, -0.2) is 4.79 Å². The van der Waals surface area contributed by atoms with Gasteiger partial charge in [-0.1, -0.05) is 6.07 Å². The van der Waals surface area contributed by atoms with Gasteiger partial charge in [0.1, 0.15) is 0 Å². The van der Waals surface area contributed by atoms with Crippen molar-refractivity contribution in [2.45, 2.75) is 52.5 Å². The quantitative estimate of drug-likeness (QED) is 0.747. The Morgan fingerprint density at radius 1 is 1.15 bits per heavy atom. The second-order valence-electron chi connectivity index (χ2n) is 9.08. The summed E-state index contributed by atoms with van der Waals surface area (Å²) in [5.74, 6) is 0.0510. The van der Waals surface area contributed by atoms with Crippen molar-refractivity contribution in [3.8, 4) is 0 Å². The summed E-state index contributed by atoms with van der Waals surface area (Å²) in [4.78, 5) is 27.1. The topological polar surface area (TPSA) is 73.5 Å². The molecule has 2 aliphatic rings. The normalized spacial score (nSPS) is 19.2. The second kappa shape index (κ2) is 7.50. The number of aryl methyl sites for hydroxylation is 1. The molecule has 2 aliphatic heterocycles. The Bertz CT molecular complexity index is 707. The van der Waals surface area contributed by atoms with Crippen LogP contribution in [-0.4, -0.2) is 48.6 Å². The molecule has 2 fully saturated rings. The fourth-order valence-corrected chi connectivity index (χ4v) is 3.97. The van der Waals surface area contributed by atoms with Gasteiger partial charge in [-0.05, 0) is 76.6 Å². The summed E-state index contributed by atoms with van der Waals surface area (Å²) in [5, 5.41) is 9.22. The number of hydrogen-bond acceptors (Lipinski definition) is 3. The van der Waals surface area contributed by atoms with Gasteiger partial charge < -0.3 is 20.9 Å². The van der Waals surface area contributed by atoms with Crippen LogP contribution in [0.5, 0.6) is 0 Å². The third-order valence-corrected chi connectivity index (χ3v) is 5.66. The lowest BCUT2D eigenvalue weighted by molar-refractivity contribution is 0.0607. The highest BCUT2D eigenvalue weighted by Gasteiger charge is 2.38. The molecular weight excluding hydrogens is 340 g/mol. The van der Waals surface area contributed by atoms with Crippen LogP contribution in [-0.2, 0) is 0 Å². The van der Waals surface area contributed by atoms with E-state index in [9.17, 15) is 9.59 Å². The van der Waals surface area contributed by atoms with Crippen LogP contribution in [0.25, 0.3) is 0 Å². The van der Waals surface area contributed by atoms with Gasteiger partial charge in [0.2, 0.25) is 0 Å². The van der Waals surface area contributed by atoms with Gasteiger partial charge in [-0.3, -0.25) is 4.79 Å². The number of carbonyl (C=O) groups is 2. The van der Waals surface area contributed by atoms with Crippen molar-refractivity contribution in [2.75, 3.05) is 31.5 Å². The van der Waals surface area contributed by atoms with Crippen molar-refractivity contribution in [1.82, 2.24) is 15.5 Å². The maximum Gasteiger partial charge on any atom is 0.319 e. The van der Waals surface area contributed by atoms with Crippen LogP contribution in [0, 0.1) is 12.3 Å². The molecule has 6 heteroatoms. The van der Waals surface area contributed by atoms with E-state index in [0.717, 1.165) is 44.6 Å². The summed E-state index contributed by atoms with van der Waals surface area (Å²) < 4.78 is 0. The van der Waals surface area contributed by atoms with E-state index in [-0.39, 0.29) is 17.5 Å². The number of rotatable bonds is 2. The number of nitrogens with zero attached hydrogens (tertiary/aromatic N) is 1. The Morgan fingerprint density at radius 3 is 2.44 bits per heavy atom. The standard InChI is InChI=1S/C21H32N4O2/c1-15-5-6-16(13-17(15)23-19(27)24-20(2,3)4)18(26)25-11-8-21(9-12-25)7-10-22-14-21/h5-6,13,22H,7-12,14H2,1-4H3,(H2,23,24,27). The van der Waals surface area contributed by atoms with E-state index in [0.29, 0.717) is 16.7 Å². The lowest BCUT2D eigenvalue weighted by Gasteiger charge is -2.39. The summed E-state index contributed by atoms with van der Waals surface area (Å²) in [6, 6.07) is 5.28. The predicted molar refractivity (Wildman–Crippen MR) is 108 cm³/mol. The van der Waals surface area contributed by atoms with Gasteiger partial charge >= 0.3 is 6.03 Å². The molecule has 0 saturated carbocycles. The number of urea groups is 1. The van der Waals surface area contributed by atoms with Crippen LogP contribution in [0.4, 0.5) is 10.5 Å². The highest BCUT2D eigenvalue weighted by atomic mass is 16.2. The highest BCUT2D eigenvalue weighted by Crippen LogP contribution is 2.37. The monoisotopic (exact) mass is 372 g/mol. The van der Waals surface area contributed by atoms with Gasteiger partial charge in [-0.2, -0.15) is 0 Å². The molecule has 1 aromatic carbocycles. The number of amides is 3. The Labute approximate surface area is 162 Å². The molecule has 0 bridgehead atoms. The molecule has 3 amide bonds. The van der Waals surface area contributed by atoms with Crippen molar-refractivity contribution in [3.63, 3.8) is 0 Å². The van der Waals surface area contributed by atoms with Gasteiger partial charge in [0.05, 0.1) is 0 Å². The van der Waals surface area contributed by atoms with Gasteiger partial charge in [0.25, 0.3) is 5.91 Å². The molecular formula is C21H32N4O2. The molecule has 3 rings (SSSR count). The minimum Gasteiger partial charge on any atom is -0.339 e. The van der Waals surface area contributed by atoms with E-state index in [2.05, 4.69) is 16.0 Å². The molecule has 148 valence electrons. The molecule has 0 atom stereocenters. The molecule has 3 N–H and O–H groups in total. The third kappa shape index (κ3) is 4.80. The van der Waals surface area contributed by atoms with E-state index in [1.807, 2.05) is 44.7 Å². The summed E-state index contributed by atoms with van der Waals surface area (Å²) >= 11 is 0. The lowest BCUT2D eigenvalue weighted by atomic mass is 9.78. The molecule has 0 aromatic heterocycles. The van der Waals surface area contributed by atoms with E-state index in [1.165, 1.54) is 6.42 Å². The zero-order valence-electron chi connectivity index (χ0n) is 16.9. The molecule has 0 unspecified atom stereocenters. The number of nitrogens with one attached hydrogen (secondary N) is 3. The Balaban J connectivity index is 1.66. The SMILES string of the molecule is Cc1ccc(C(=O)N2CCC3(CCNC3)CC2)cc1NC(=O)NC(C)(C)C. The first-order chi connectivity index (χ1) is 12.7. The Hall–Kier alpha value is -2.08. The minimum absolute atomic E-state index is 0.0510. The number of piperidine rings is 1. The van der Waals surface area contributed by atoms with E-state index >= 15 is 0 Å². The van der Waals surface area contributed by atoms with Crippen LogP contribution in [0.15, 0.2) is 18.2 Å². The molecule has 2 heterocycles. The molecule has 0 aliphatic carbocycles. The fraction of sp³-hybridized carbons (Fsp3) is 0.619. The molecule has 0 radical (unpaired) electrons. The molecule has 27 heavy (non-hydrogen) atoms. The summed E-state index contributed by atoms with van der Waals surface area (Å²) in [6.45, 7) is 11.5. The van der Waals surface area contributed by atoms with Gasteiger partial charge in [0, 0.05) is 36.4 Å². The summed E-state index contributed by atoms with van der Waals surface area (Å²) in [7, 11) is 0. The van der Waals surface area contributed by atoms with Crippen molar-refractivity contribution in [3.05, 3.63) is 29.3 Å². The number of carbonyl (C=O) groups excluding carboxylic acids is 2. The number of benzene rings is 1. The smallest absolute Gasteiger partial charge is 0.319 e. The van der Waals surface area contributed by atoms with Crippen LogP contribution in [0.2, 0.25) is 0 Å². The van der Waals surface area contributed by atoms with Crippen LogP contribution >= 0.6 is 0 Å². The number of hydrogen-bond donors (Lipinski definition) is 3. The van der Waals surface area contributed by atoms with Crippen LogP contribution in [0.3, 0.4) is 0 Å². The van der Waals surface area contributed by atoms with E-state index < -0.39 is 0 Å². The number of likely N-dealkylation sites (tertiary alicyclic amines) is 1. The zero-order valence-corrected chi connectivity index (χ0v) is 16.9. The van der Waals surface area contributed by atoms with Crippen molar-refractivity contribution >= 4 is 17.6 Å². The maximum absolute atomic E-state index is 13.0. The van der Waals surface area contributed by atoms with Gasteiger partial charge in [0.15, 0.2) is 0 Å². The second-order valence-corrected chi connectivity index (χ2v) is 9.08. The van der Waals surface area contributed by atoms with Crippen LogP contribution < -0.4 is 16.0 Å². The zero-order chi connectivity index (χ0) is 19.7. The average Bonchev–Trinajstić information content (AvgIpc) is 3.03. The average molecular weight is 373 g/mol. The maximum atomic E-state index is 13.0. The first-order valence-corrected chi connectivity index (χ1v) is 9.87. The first kappa shape index (κ1) is 19.7. The fourth-order valence-electron chi connectivity index (χ4n) is 3.97. The molecule has 1 spiro atoms. The molecule has 2 saturated heterocycles. The third-order valence-electron chi connectivity index (χ3n) is 5.66. The van der Waals surface area contributed by atoms with Crippen molar-refractivity contribution in [2.24, 2.45) is 5.41 Å². The summed E-state index contributed by atoms with van der Waals surface area (Å²) in [5.41, 5.74) is 2.32. The van der Waals surface area contributed by atoms with Crippen molar-refractivity contribution < 1.29 is 9.59 Å². The molecule has 1 aromatic rings. The highest BCUT2D eigenvalue weighted by molar-refractivity contribution is 5.97.